The average Bonchev–Trinajstić information content (AvgIpc) is 2.78. The summed E-state index contributed by atoms with van der Waals surface area (Å²) in [5.41, 5.74) is 3.59. The van der Waals surface area contributed by atoms with Crippen LogP contribution in [0.2, 0.25) is 0 Å². The van der Waals surface area contributed by atoms with Gasteiger partial charge in [0.2, 0.25) is 0 Å². The molecule has 112 valence electrons. The molecule has 0 aliphatic rings. The van der Waals surface area contributed by atoms with Crippen LogP contribution in [0, 0.1) is 13.8 Å². The van der Waals surface area contributed by atoms with E-state index < -0.39 is 0 Å². The lowest BCUT2D eigenvalue weighted by atomic mass is 10.2. The van der Waals surface area contributed by atoms with Crippen molar-refractivity contribution in [3.63, 3.8) is 0 Å². The third kappa shape index (κ3) is 3.44. The van der Waals surface area contributed by atoms with Crippen LogP contribution < -0.4 is 9.47 Å². The maximum absolute atomic E-state index is 5.58. The van der Waals surface area contributed by atoms with E-state index in [1.165, 1.54) is 0 Å². The Kier molecular flexibility index (Phi) is 5.01. The van der Waals surface area contributed by atoms with Gasteiger partial charge in [0.05, 0.1) is 25.1 Å². The summed E-state index contributed by atoms with van der Waals surface area (Å²) in [5, 5.41) is 7.05. The van der Waals surface area contributed by atoms with E-state index in [9.17, 15) is 0 Å². The van der Waals surface area contributed by atoms with Gasteiger partial charge in [-0.1, -0.05) is 0 Å². The molecule has 1 aromatic carbocycles. The number of aromatic amines is 1. The number of nitrogens with one attached hydrogen (secondary N) is 1. The number of ether oxygens (including phenoxy) is 2. The first kappa shape index (κ1) is 15.6. The van der Waals surface area contributed by atoms with Crippen molar-refractivity contribution in [1.82, 2.24) is 10.2 Å². The fraction of sp³-hybridized carbons (Fsp3) is 0.333. The van der Waals surface area contributed by atoms with Gasteiger partial charge < -0.3 is 9.47 Å². The van der Waals surface area contributed by atoms with Gasteiger partial charge in [-0.2, -0.15) is 5.10 Å². The lowest BCUT2D eigenvalue weighted by Crippen LogP contribution is -1.97. The predicted octanol–water partition coefficient (Wildman–Crippen LogP) is 3.95. The molecule has 0 atom stereocenters. The van der Waals surface area contributed by atoms with Crippen molar-refractivity contribution in [2.45, 2.75) is 20.8 Å². The van der Waals surface area contributed by atoms with Crippen LogP contribution in [-0.4, -0.2) is 30.1 Å². The molecule has 0 saturated heterocycles. The highest BCUT2D eigenvalue weighted by molar-refractivity contribution is 9.10. The molecule has 2 aromatic rings. The molecule has 0 aliphatic heterocycles. The Labute approximate surface area is 132 Å². The standard InChI is InChI=1S/C15H18BrN3O2/c1-5-21-14-6-11(12(16)7-13(14)20-4)8-17-15-9(2)18-19-10(15)3/h6-8H,5H2,1-4H3,(H,18,19). The molecule has 0 spiro atoms. The van der Waals surface area contributed by atoms with Gasteiger partial charge in [0.1, 0.15) is 5.69 Å². The van der Waals surface area contributed by atoms with Crippen LogP contribution >= 0.6 is 15.9 Å². The highest BCUT2D eigenvalue weighted by Gasteiger charge is 2.09. The summed E-state index contributed by atoms with van der Waals surface area (Å²) in [7, 11) is 1.62. The van der Waals surface area contributed by atoms with Gasteiger partial charge >= 0.3 is 0 Å². The number of benzene rings is 1. The largest absolute Gasteiger partial charge is 0.493 e. The lowest BCUT2D eigenvalue weighted by Gasteiger charge is -2.11. The SMILES string of the molecule is CCOc1cc(C=Nc2c(C)n[nH]c2C)c(Br)cc1OC. The van der Waals surface area contributed by atoms with Crippen LogP contribution in [0.15, 0.2) is 21.6 Å². The Bertz CT molecular complexity index is 646. The van der Waals surface area contributed by atoms with Crippen LogP contribution in [-0.2, 0) is 0 Å². The first-order valence-electron chi connectivity index (χ1n) is 6.62. The normalized spacial score (nSPS) is 11.1. The van der Waals surface area contributed by atoms with Crippen LogP contribution in [0.1, 0.15) is 23.9 Å². The van der Waals surface area contributed by atoms with Crippen molar-refractivity contribution in [2.75, 3.05) is 13.7 Å². The number of methoxy groups -OCH3 is 1. The number of halogens is 1. The topological polar surface area (TPSA) is 59.5 Å². The molecule has 0 amide bonds. The molecule has 1 heterocycles. The van der Waals surface area contributed by atoms with Crippen molar-refractivity contribution in [3.05, 3.63) is 33.6 Å². The van der Waals surface area contributed by atoms with Crippen LogP contribution in [0.5, 0.6) is 11.5 Å². The number of nitrogens with zero attached hydrogens (tertiary/aromatic N) is 2. The maximum Gasteiger partial charge on any atom is 0.161 e. The second-order valence-corrected chi connectivity index (χ2v) is 5.35. The minimum absolute atomic E-state index is 0.578. The third-order valence-corrected chi connectivity index (χ3v) is 3.69. The number of aryl methyl sites for hydroxylation is 2. The van der Waals surface area contributed by atoms with Crippen molar-refractivity contribution in [1.29, 1.82) is 0 Å². The van der Waals surface area contributed by atoms with E-state index >= 15 is 0 Å². The second kappa shape index (κ2) is 6.76. The fourth-order valence-corrected chi connectivity index (χ4v) is 2.37. The van der Waals surface area contributed by atoms with Gasteiger partial charge in [-0.25, -0.2) is 0 Å². The molecule has 2 rings (SSSR count). The number of H-pyrrole nitrogens is 1. The van der Waals surface area contributed by atoms with E-state index in [1.807, 2.05) is 32.9 Å². The molecule has 1 aromatic heterocycles. The van der Waals surface area contributed by atoms with Crippen LogP contribution in [0.4, 0.5) is 5.69 Å². The van der Waals surface area contributed by atoms with Gasteiger partial charge in [0, 0.05) is 16.3 Å². The number of hydrogen-bond donors (Lipinski definition) is 1. The summed E-state index contributed by atoms with van der Waals surface area (Å²) in [4.78, 5) is 4.51. The zero-order chi connectivity index (χ0) is 15.4. The van der Waals surface area contributed by atoms with Crippen molar-refractivity contribution in [2.24, 2.45) is 4.99 Å². The van der Waals surface area contributed by atoms with Crippen LogP contribution in [0.25, 0.3) is 0 Å². The molecular formula is C15H18BrN3O2. The molecular weight excluding hydrogens is 334 g/mol. The molecule has 1 N–H and O–H groups in total. The highest BCUT2D eigenvalue weighted by Crippen LogP contribution is 2.33. The van der Waals surface area contributed by atoms with E-state index in [0.717, 1.165) is 27.1 Å². The Morgan fingerprint density at radius 1 is 1.33 bits per heavy atom. The Balaban J connectivity index is 2.38. The highest BCUT2D eigenvalue weighted by atomic mass is 79.9. The number of aliphatic imine (C=N–C) groups is 1. The van der Waals surface area contributed by atoms with E-state index in [0.29, 0.717) is 18.1 Å². The lowest BCUT2D eigenvalue weighted by molar-refractivity contribution is 0.311. The zero-order valence-corrected chi connectivity index (χ0v) is 14.1. The van der Waals surface area contributed by atoms with Gasteiger partial charge in [0.25, 0.3) is 0 Å². The van der Waals surface area contributed by atoms with Gasteiger partial charge in [-0.05, 0) is 48.8 Å². The van der Waals surface area contributed by atoms with Crippen molar-refractivity contribution in [3.8, 4) is 11.5 Å². The molecule has 5 nitrogen and oxygen atoms in total. The number of rotatable bonds is 5. The monoisotopic (exact) mass is 351 g/mol. The minimum atomic E-state index is 0.578. The molecule has 0 radical (unpaired) electrons. The molecule has 0 saturated carbocycles. The Morgan fingerprint density at radius 3 is 2.67 bits per heavy atom. The number of aromatic nitrogens is 2. The summed E-state index contributed by atoms with van der Waals surface area (Å²) >= 11 is 3.52. The van der Waals surface area contributed by atoms with Crippen LogP contribution in [0.3, 0.4) is 0 Å². The van der Waals surface area contributed by atoms with E-state index in [-0.39, 0.29) is 0 Å². The molecule has 6 heteroatoms. The van der Waals surface area contributed by atoms with E-state index in [1.54, 1.807) is 13.3 Å². The van der Waals surface area contributed by atoms with Gasteiger partial charge in [0.15, 0.2) is 11.5 Å². The van der Waals surface area contributed by atoms with Crippen molar-refractivity contribution >= 4 is 27.8 Å². The third-order valence-electron chi connectivity index (χ3n) is 3.00. The fourth-order valence-electron chi connectivity index (χ4n) is 1.95. The Morgan fingerprint density at radius 2 is 2.10 bits per heavy atom. The zero-order valence-electron chi connectivity index (χ0n) is 12.5. The minimum Gasteiger partial charge on any atom is -0.493 e. The summed E-state index contributed by atoms with van der Waals surface area (Å²) in [6.45, 7) is 6.38. The van der Waals surface area contributed by atoms with E-state index in [4.69, 9.17) is 9.47 Å². The number of hydrogen-bond acceptors (Lipinski definition) is 4. The smallest absolute Gasteiger partial charge is 0.161 e. The molecule has 0 bridgehead atoms. The summed E-state index contributed by atoms with van der Waals surface area (Å²) < 4.78 is 11.8. The summed E-state index contributed by atoms with van der Waals surface area (Å²) in [6, 6.07) is 3.78. The molecule has 0 fully saturated rings. The first-order chi connectivity index (χ1) is 10.1. The Hall–Kier alpha value is -1.82. The maximum atomic E-state index is 5.58. The van der Waals surface area contributed by atoms with Crippen molar-refractivity contribution < 1.29 is 9.47 Å². The van der Waals surface area contributed by atoms with Gasteiger partial charge in [-0.3, -0.25) is 10.1 Å². The summed E-state index contributed by atoms with van der Waals surface area (Å²) in [6.07, 6.45) is 1.79. The second-order valence-electron chi connectivity index (χ2n) is 4.50. The molecule has 21 heavy (non-hydrogen) atoms. The van der Waals surface area contributed by atoms with Gasteiger partial charge in [-0.15, -0.1) is 0 Å². The van der Waals surface area contributed by atoms with E-state index in [2.05, 4.69) is 31.1 Å². The quantitative estimate of drug-likeness (QED) is 0.829. The predicted molar refractivity (Wildman–Crippen MR) is 87.2 cm³/mol. The molecule has 0 aliphatic carbocycles. The molecule has 0 unspecified atom stereocenters. The summed E-state index contributed by atoms with van der Waals surface area (Å²) in [5.74, 6) is 1.39. The average molecular weight is 352 g/mol. The first-order valence-corrected chi connectivity index (χ1v) is 7.42.